The number of ether oxygens (including phenoxy) is 1. The van der Waals surface area contributed by atoms with Crippen LogP contribution in [-0.2, 0) is 17.8 Å². The highest BCUT2D eigenvalue weighted by Crippen LogP contribution is 2.17. The van der Waals surface area contributed by atoms with Gasteiger partial charge in [-0.3, -0.25) is 4.98 Å². The molecule has 0 N–H and O–H groups in total. The van der Waals surface area contributed by atoms with Crippen molar-refractivity contribution in [2.24, 2.45) is 0 Å². The van der Waals surface area contributed by atoms with Crippen molar-refractivity contribution in [2.75, 3.05) is 6.61 Å². The van der Waals surface area contributed by atoms with Gasteiger partial charge in [0.25, 0.3) is 0 Å². The minimum absolute atomic E-state index is 0.386. The van der Waals surface area contributed by atoms with E-state index in [1.807, 2.05) is 24.3 Å². The third kappa shape index (κ3) is 3.95. The zero-order valence-corrected chi connectivity index (χ0v) is 11.2. The lowest BCUT2D eigenvalue weighted by Crippen LogP contribution is -2.01. The van der Waals surface area contributed by atoms with Gasteiger partial charge in [-0.15, -0.1) is 0 Å². The molecular weight excluding hydrogens is 271 g/mol. The lowest BCUT2D eigenvalue weighted by Gasteiger charge is -2.05. The molecule has 0 aliphatic heterocycles. The van der Waals surface area contributed by atoms with Gasteiger partial charge in [-0.2, -0.15) is 0 Å². The number of nitrogens with zero attached hydrogens (tertiary/aromatic N) is 2. The predicted octanol–water partition coefficient (Wildman–Crippen LogP) is 3.54. The van der Waals surface area contributed by atoms with Crippen LogP contribution in [0.5, 0.6) is 0 Å². The van der Waals surface area contributed by atoms with Crippen LogP contribution in [0.3, 0.4) is 0 Å². The van der Waals surface area contributed by atoms with E-state index in [4.69, 9.17) is 27.9 Å². The Morgan fingerprint density at radius 1 is 1.11 bits per heavy atom. The zero-order valence-electron chi connectivity index (χ0n) is 9.64. The fourth-order valence-corrected chi connectivity index (χ4v) is 1.85. The maximum atomic E-state index is 5.94. The quantitative estimate of drug-likeness (QED) is 0.622. The van der Waals surface area contributed by atoms with Crippen LogP contribution in [0.25, 0.3) is 0 Å². The van der Waals surface area contributed by atoms with E-state index in [-0.39, 0.29) is 0 Å². The molecule has 2 aromatic heterocycles. The standard InChI is InChI=1S/C13H12Cl2N2O/c14-12-5-4-10(13(15)17-12)9-18-8-6-11-3-1-2-7-16-11/h1-5,7H,6,8-9H2. The van der Waals surface area contributed by atoms with Crippen molar-refractivity contribution in [3.05, 3.63) is 58.1 Å². The summed E-state index contributed by atoms with van der Waals surface area (Å²) >= 11 is 11.7. The molecule has 0 aliphatic carbocycles. The molecule has 0 atom stereocenters. The monoisotopic (exact) mass is 282 g/mol. The zero-order chi connectivity index (χ0) is 12.8. The molecule has 0 fully saturated rings. The van der Waals surface area contributed by atoms with Gasteiger partial charge in [0.2, 0.25) is 0 Å². The van der Waals surface area contributed by atoms with Gasteiger partial charge in [0, 0.05) is 23.9 Å². The lowest BCUT2D eigenvalue weighted by atomic mass is 10.3. The van der Waals surface area contributed by atoms with Gasteiger partial charge in [-0.25, -0.2) is 4.98 Å². The van der Waals surface area contributed by atoms with E-state index in [1.165, 1.54) is 0 Å². The SMILES string of the molecule is Clc1ccc(COCCc2ccccn2)c(Cl)n1. The van der Waals surface area contributed by atoms with E-state index in [0.29, 0.717) is 23.5 Å². The Kier molecular flexibility index (Phi) is 4.93. The molecule has 0 radical (unpaired) electrons. The smallest absolute Gasteiger partial charge is 0.136 e. The summed E-state index contributed by atoms with van der Waals surface area (Å²) in [6.45, 7) is 1.02. The number of rotatable bonds is 5. The van der Waals surface area contributed by atoms with Crippen molar-refractivity contribution in [1.82, 2.24) is 9.97 Å². The first kappa shape index (κ1) is 13.3. The first-order valence-electron chi connectivity index (χ1n) is 5.54. The molecule has 2 heterocycles. The van der Waals surface area contributed by atoms with Gasteiger partial charge in [-0.05, 0) is 18.2 Å². The maximum absolute atomic E-state index is 5.94. The summed E-state index contributed by atoms with van der Waals surface area (Å²) in [5.41, 5.74) is 1.85. The topological polar surface area (TPSA) is 35.0 Å². The van der Waals surface area contributed by atoms with Crippen LogP contribution in [0.15, 0.2) is 36.5 Å². The van der Waals surface area contributed by atoms with E-state index in [9.17, 15) is 0 Å². The molecule has 0 saturated carbocycles. The van der Waals surface area contributed by atoms with Crippen molar-refractivity contribution in [3.8, 4) is 0 Å². The second-order valence-corrected chi connectivity index (χ2v) is 4.45. The van der Waals surface area contributed by atoms with Crippen molar-refractivity contribution in [1.29, 1.82) is 0 Å². The highest BCUT2D eigenvalue weighted by molar-refractivity contribution is 6.32. The number of hydrogen-bond acceptors (Lipinski definition) is 3. The second kappa shape index (κ2) is 6.69. The number of aromatic nitrogens is 2. The maximum Gasteiger partial charge on any atom is 0.136 e. The van der Waals surface area contributed by atoms with Crippen LogP contribution in [-0.4, -0.2) is 16.6 Å². The van der Waals surface area contributed by atoms with Gasteiger partial charge < -0.3 is 4.74 Å². The molecule has 0 saturated heterocycles. The van der Waals surface area contributed by atoms with Crippen LogP contribution in [0.1, 0.15) is 11.3 Å². The first-order valence-corrected chi connectivity index (χ1v) is 6.30. The highest BCUT2D eigenvalue weighted by Gasteiger charge is 2.03. The fraction of sp³-hybridized carbons (Fsp3) is 0.231. The van der Waals surface area contributed by atoms with Crippen molar-refractivity contribution in [2.45, 2.75) is 13.0 Å². The number of pyridine rings is 2. The third-order valence-corrected chi connectivity index (χ3v) is 2.92. The van der Waals surface area contributed by atoms with Crippen LogP contribution < -0.4 is 0 Å². The Hall–Kier alpha value is -1.16. The Labute approximate surface area is 116 Å². The Morgan fingerprint density at radius 2 is 2.00 bits per heavy atom. The molecule has 3 nitrogen and oxygen atoms in total. The molecule has 0 spiro atoms. The summed E-state index contributed by atoms with van der Waals surface area (Å²) in [6, 6.07) is 9.34. The Bertz CT molecular complexity index is 506. The average molecular weight is 283 g/mol. The first-order chi connectivity index (χ1) is 8.75. The van der Waals surface area contributed by atoms with Crippen molar-refractivity contribution < 1.29 is 4.74 Å². The van der Waals surface area contributed by atoms with E-state index in [0.717, 1.165) is 17.7 Å². The van der Waals surface area contributed by atoms with E-state index in [2.05, 4.69) is 9.97 Å². The lowest BCUT2D eigenvalue weighted by molar-refractivity contribution is 0.123. The van der Waals surface area contributed by atoms with Gasteiger partial charge >= 0.3 is 0 Å². The molecule has 0 bridgehead atoms. The van der Waals surface area contributed by atoms with Crippen molar-refractivity contribution in [3.63, 3.8) is 0 Å². The molecule has 0 aliphatic rings. The Balaban J connectivity index is 1.79. The summed E-state index contributed by atoms with van der Waals surface area (Å²) in [7, 11) is 0. The van der Waals surface area contributed by atoms with Crippen LogP contribution in [0.4, 0.5) is 0 Å². The van der Waals surface area contributed by atoms with Gasteiger partial charge in [0.05, 0.1) is 13.2 Å². The van der Waals surface area contributed by atoms with E-state index >= 15 is 0 Å². The summed E-state index contributed by atoms with van der Waals surface area (Å²) in [5.74, 6) is 0. The van der Waals surface area contributed by atoms with E-state index < -0.39 is 0 Å². The molecular formula is C13H12Cl2N2O. The second-order valence-electron chi connectivity index (χ2n) is 3.71. The van der Waals surface area contributed by atoms with Crippen LogP contribution >= 0.6 is 23.2 Å². The largest absolute Gasteiger partial charge is 0.376 e. The minimum Gasteiger partial charge on any atom is -0.376 e. The average Bonchev–Trinajstić information content (AvgIpc) is 2.38. The predicted molar refractivity (Wildman–Crippen MR) is 71.9 cm³/mol. The molecule has 2 aromatic rings. The van der Waals surface area contributed by atoms with Gasteiger partial charge in [-0.1, -0.05) is 35.3 Å². The molecule has 0 aromatic carbocycles. The van der Waals surface area contributed by atoms with Crippen LogP contribution in [0.2, 0.25) is 10.3 Å². The van der Waals surface area contributed by atoms with Crippen LogP contribution in [0, 0.1) is 0 Å². The Morgan fingerprint density at radius 3 is 2.72 bits per heavy atom. The van der Waals surface area contributed by atoms with Gasteiger partial charge in [0.15, 0.2) is 0 Å². The molecule has 18 heavy (non-hydrogen) atoms. The minimum atomic E-state index is 0.386. The summed E-state index contributed by atoms with van der Waals surface area (Å²) < 4.78 is 5.54. The normalized spacial score (nSPS) is 10.6. The number of halogens is 2. The number of hydrogen-bond donors (Lipinski definition) is 0. The molecule has 2 rings (SSSR count). The molecule has 0 unspecified atom stereocenters. The highest BCUT2D eigenvalue weighted by atomic mass is 35.5. The molecule has 0 amide bonds. The van der Waals surface area contributed by atoms with Crippen molar-refractivity contribution >= 4 is 23.2 Å². The summed E-state index contributed by atoms with van der Waals surface area (Å²) in [4.78, 5) is 8.17. The van der Waals surface area contributed by atoms with E-state index in [1.54, 1.807) is 12.3 Å². The van der Waals surface area contributed by atoms with Gasteiger partial charge in [0.1, 0.15) is 10.3 Å². The third-order valence-electron chi connectivity index (χ3n) is 2.38. The fourth-order valence-electron chi connectivity index (χ4n) is 1.45. The summed E-state index contributed by atoms with van der Waals surface area (Å²) in [5, 5.41) is 0.776. The summed E-state index contributed by atoms with van der Waals surface area (Å²) in [6.07, 6.45) is 2.55. The molecule has 5 heteroatoms. The molecule has 94 valence electrons.